The summed E-state index contributed by atoms with van der Waals surface area (Å²) in [4.78, 5) is 29.6. The molecule has 0 radical (unpaired) electrons. The quantitative estimate of drug-likeness (QED) is 0.477. The summed E-state index contributed by atoms with van der Waals surface area (Å²) >= 11 is 0. The van der Waals surface area contributed by atoms with Crippen molar-refractivity contribution >= 4 is 37.7 Å². The van der Waals surface area contributed by atoms with Crippen molar-refractivity contribution in [2.45, 2.75) is 0 Å². The van der Waals surface area contributed by atoms with E-state index in [2.05, 4.69) is 13.3 Å². The maximum Gasteiger partial charge on any atom is 3.00 e. The van der Waals surface area contributed by atoms with Gasteiger partial charge in [-0.3, -0.25) is 0 Å². The Balaban J connectivity index is 0.000000339. The minimum Gasteiger partial charge on any atom is -0.542 e. The third-order valence-corrected chi connectivity index (χ3v) is 2.17. The minimum atomic E-state index is -1.28. The second-order valence-corrected chi connectivity index (χ2v) is 3.79. The molecule has 0 bridgehead atoms. The Hall–Kier alpha value is -3.11. The van der Waals surface area contributed by atoms with E-state index in [9.17, 15) is 29.7 Å². The van der Waals surface area contributed by atoms with Crippen LogP contribution in [0.3, 0.4) is 0 Å². The molecule has 0 saturated carbocycles. The summed E-state index contributed by atoms with van der Waals surface area (Å²) in [5.74, 6) is -4.25. The van der Waals surface area contributed by atoms with Crippen LogP contribution in [-0.4, -0.2) is 37.7 Å². The van der Waals surface area contributed by atoms with E-state index in [4.69, 9.17) is 0 Å². The van der Waals surface area contributed by atoms with E-state index in [-0.39, 0.29) is 37.1 Å². The molecular formula is C15H9GaO9. The van der Waals surface area contributed by atoms with Crippen molar-refractivity contribution in [1.29, 1.82) is 0 Å². The molecule has 0 saturated heterocycles. The van der Waals surface area contributed by atoms with Crippen LogP contribution < -0.4 is 15.3 Å². The molecule has 0 amide bonds. The van der Waals surface area contributed by atoms with E-state index in [1.54, 1.807) is 0 Å². The van der Waals surface area contributed by atoms with Gasteiger partial charge in [0.2, 0.25) is 0 Å². The van der Waals surface area contributed by atoms with Crippen molar-refractivity contribution in [2.24, 2.45) is 0 Å². The normalized spacial score (nSPS) is 8.64. The first kappa shape index (κ1) is 21.9. The molecule has 25 heavy (non-hydrogen) atoms. The van der Waals surface area contributed by atoms with Crippen LogP contribution >= 0.6 is 0 Å². The van der Waals surface area contributed by atoms with Crippen LogP contribution in [0, 0.1) is 0 Å². The molecule has 0 fully saturated rings. The first-order valence-corrected chi connectivity index (χ1v) is 6.16. The van der Waals surface area contributed by atoms with Gasteiger partial charge in [0.15, 0.2) is 0 Å². The molecule has 0 N–H and O–H groups in total. The van der Waals surface area contributed by atoms with Crippen LogP contribution in [-0.2, 0) is 0 Å². The zero-order chi connectivity index (χ0) is 17.9. The van der Waals surface area contributed by atoms with Gasteiger partial charge in [0.1, 0.15) is 35.2 Å². The van der Waals surface area contributed by atoms with Crippen LogP contribution in [0.1, 0.15) is 31.7 Å². The standard InChI is InChI=1S/3C5H4O3.Ga/c3*6-5(7)4-2-1-3-8-4;/h3*1-3H,(H,6,7);/q;;;+3/p-3. The fraction of sp³-hybridized carbons (Fsp3) is 0. The Morgan fingerprint density at radius 3 is 0.920 bits per heavy atom. The average Bonchev–Trinajstić information content (AvgIpc) is 3.29. The molecule has 0 aliphatic rings. The predicted molar refractivity (Wildman–Crippen MR) is 74.9 cm³/mol. The molecule has 126 valence electrons. The number of carbonyl (C=O) groups is 3. The van der Waals surface area contributed by atoms with Gasteiger partial charge in [0.25, 0.3) is 0 Å². The van der Waals surface area contributed by atoms with Gasteiger partial charge in [0, 0.05) is 0 Å². The van der Waals surface area contributed by atoms with Crippen LogP contribution in [0.4, 0.5) is 0 Å². The smallest absolute Gasteiger partial charge is 0.542 e. The summed E-state index contributed by atoms with van der Waals surface area (Å²) in [5.41, 5.74) is 0. The summed E-state index contributed by atoms with van der Waals surface area (Å²) in [6, 6.07) is 8.46. The molecule has 0 unspecified atom stereocenters. The summed E-state index contributed by atoms with van der Waals surface area (Å²) in [6.45, 7) is 0. The molecule has 9 nitrogen and oxygen atoms in total. The first-order chi connectivity index (χ1) is 11.4. The summed E-state index contributed by atoms with van der Waals surface area (Å²) < 4.78 is 13.3. The van der Waals surface area contributed by atoms with Crippen LogP contribution in [0.25, 0.3) is 0 Å². The summed E-state index contributed by atoms with van der Waals surface area (Å²) in [6.07, 6.45) is 3.85. The number of carboxylic acid groups (broad SMARTS) is 3. The molecule has 3 rings (SSSR count). The van der Waals surface area contributed by atoms with Gasteiger partial charge in [-0.15, -0.1) is 0 Å². The van der Waals surface area contributed by atoms with E-state index in [1.165, 1.54) is 55.2 Å². The van der Waals surface area contributed by atoms with Gasteiger partial charge in [-0.1, -0.05) is 0 Å². The second-order valence-electron chi connectivity index (χ2n) is 3.79. The van der Waals surface area contributed by atoms with Crippen LogP contribution in [0.2, 0.25) is 0 Å². The third-order valence-electron chi connectivity index (χ3n) is 2.17. The Bertz CT molecular complexity index is 638. The van der Waals surface area contributed by atoms with E-state index in [0.717, 1.165) is 0 Å². The zero-order valence-corrected chi connectivity index (χ0v) is 14.9. The number of carbonyl (C=O) groups excluding carboxylic acids is 3. The van der Waals surface area contributed by atoms with Gasteiger partial charge in [0.05, 0.1) is 18.8 Å². The molecular weight excluding hydrogens is 394 g/mol. The molecule has 0 atom stereocenters. The fourth-order valence-corrected chi connectivity index (χ4v) is 1.18. The van der Waals surface area contributed by atoms with Crippen molar-refractivity contribution in [1.82, 2.24) is 0 Å². The molecule has 3 aromatic heterocycles. The van der Waals surface area contributed by atoms with Gasteiger partial charge in [-0.2, -0.15) is 0 Å². The monoisotopic (exact) mass is 402 g/mol. The first-order valence-electron chi connectivity index (χ1n) is 6.16. The number of carboxylic acids is 3. The Labute approximate surface area is 153 Å². The molecule has 3 aromatic rings. The molecule has 0 aromatic carbocycles. The number of hydrogen-bond donors (Lipinski definition) is 0. The molecule has 0 spiro atoms. The van der Waals surface area contributed by atoms with Crippen molar-refractivity contribution in [2.75, 3.05) is 0 Å². The van der Waals surface area contributed by atoms with E-state index in [1.807, 2.05) is 0 Å². The number of furan rings is 3. The largest absolute Gasteiger partial charge is 3.00 e. The number of rotatable bonds is 3. The number of aromatic carboxylic acids is 3. The van der Waals surface area contributed by atoms with Crippen molar-refractivity contribution in [3.63, 3.8) is 0 Å². The Morgan fingerprint density at radius 1 is 0.600 bits per heavy atom. The van der Waals surface area contributed by atoms with Crippen LogP contribution in [0.5, 0.6) is 0 Å². The molecule has 10 heteroatoms. The predicted octanol–water partition coefficient (Wildman–Crippen LogP) is -1.45. The van der Waals surface area contributed by atoms with Crippen molar-refractivity contribution in [3.8, 4) is 0 Å². The Morgan fingerprint density at radius 2 is 0.840 bits per heavy atom. The van der Waals surface area contributed by atoms with Gasteiger partial charge >= 0.3 is 19.8 Å². The fourth-order valence-electron chi connectivity index (χ4n) is 1.18. The summed E-state index contributed by atoms with van der Waals surface area (Å²) in [5, 5.41) is 29.6. The second kappa shape index (κ2) is 11.4. The summed E-state index contributed by atoms with van der Waals surface area (Å²) in [7, 11) is 0. The number of hydrogen-bond acceptors (Lipinski definition) is 9. The van der Waals surface area contributed by atoms with Gasteiger partial charge in [-0.25, -0.2) is 0 Å². The maximum atomic E-state index is 9.86. The maximum absolute atomic E-state index is 9.86. The van der Waals surface area contributed by atoms with Crippen molar-refractivity contribution < 1.29 is 43.0 Å². The van der Waals surface area contributed by atoms with E-state index in [0.29, 0.717) is 0 Å². The minimum absolute atomic E-state index is 0. The van der Waals surface area contributed by atoms with Crippen molar-refractivity contribution in [3.05, 3.63) is 72.5 Å². The molecule has 3 heterocycles. The molecule has 0 aliphatic heterocycles. The van der Waals surface area contributed by atoms with Gasteiger partial charge in [-0.05, 0) is 36.4 Å². The Kier molecular flexibility index (Phi) is 10.0. The van der Waals surface area contributed by atoms with E-state index >= 15 is 0 Å². The van der Waals surface area contributed by atoms with Crippen LogP contribution in [0.15, 0.2) is 68.4 Å². The third kappa shape index (κ3) is 8.34. The SMILES string of the molecule is O=C([O-])c1ccco1.O=C([O-])c1ccco1.O=C([O-])c1ccco1.[Ga+3]. The molecule has 0 aliphatic carbocycles. The average molecular weight is 403 g/mol. The zero-order valence-electron chi connectivity index (χ0n) is 12.4. The van der Waals surface area contributed by atoms with E-state index < -0.39 is 17.9 Å². The topological polar surface area (TPSA) is 160 Å². The van der Waals surface area contributed by atoms with Gasteiger partial charge < -0.3 is 43.0 Å².